The third-order valence-electron chi connectivity index (χ3n) is 3.80. The molecule has 0 spiro atoms. The Balaban J connectivity index is 2.24. The molecule has 1 unspecified atom stereocenters. The zero-order valence-electron chi connectivity index (χ0n) is 14.8. The molecular weight excluding hydrogens is 318 g/mol. The first kappa shape index (κ1) is 18.9. The highest BCUT2D eigenvalue weighted by atomic mass is 16.3. The van der Waals surface area contributed by atoms with Gasteiger partial charge in [-0.05, 0) is 25.0 Å². The molecule has 1 heterocycles. The molecule has 0 bridgehead atoms. The number of aryl methyl sites for hydroxylation is 1. The van der Waals surface area contributed by atoms with Gasteiger partial charge in [-0.15, -0.1) is 0 Å². The van der Waals surface area contributed by atoms with Crippen molar-refractivity contribution in [2.45, 2.75) is 45.9 Å². The van der Waals surface area contributed by atoms with E-state index in [-0.39, 0.29) is 23.7 Å². The van der Waals surface area contributed by atoms with Crippen molar-refractivity contribution in [2.24, 2.45) is 0 Å². The summed E-state index contributed by atoms with van der Waals surface area (Å²) < 4.78 is 1.33. The van der Waals surface area contributed by atoms with Crippen LogP contribution in [0.3, 0.4) is 0 Å². The van der Waals surface area contributed by atoms with Gasteiger partial charge in [-0.2, -0.15) is 5.10 Å². The maximum Gasteiger partial charge on any atom is 0.274 e. The van der Waals surface area contributed by atoms with Crippen LogP contribution in [-0.2, 0) is 13.1 Å². The van der Waals surface area contributed by atoms with Gasteiger partial charge in [-0.3, -0.25) is 9.59 Å². The van der Waals surface area contributed by atoms with Gasteiger partial charge >= 0.3 is 0 Å². The first-order valence-corrected chi connectivity index (χ1v) is 8.60. The molecule has 0 saturated carbocycles. The van der Waals surface area contributed by atoms with Crippen molar-refractivity contribution in [3.05, 3.63) is 64.1 Å². The van der Waals surface area contributed by atoms with Gasteiger partial charge in [0.1, 0.15) is 5.69 Å². The number of aromatic nitrogens is 2. The van der Waals surface area contributed by atoms with Crippen molar-refractivity contribution in [1.82, 2.24) is 14.7 Å². The van der Waals surface area contributed by atoms with E-state index in [4.69, 9.17) is 0 Å². The Kier molecular flexibility index (Phi) is 6.89. The van der Waals surface area contributed by atoms with Crippen molar-refractivity contribution in [3.63, 3.8) is 0 Å². The normalized spacial score (nSPS) is 12.0. The van der Waals surface area contributed by atoms with Gasteiger partial charge in [-0.25, -0.2) is 4.68 Å². The Hall–Kier alpha value is -2.47. The number of amides is 1. The first-order chi connectivity index (χ1) is 12.0. The SMILES string of the molecule is CCCCn1nc(C(=O)N(Cc2ccccc2)CC(C)O)ccc1=O. The van der Waals surface area contributed by atoms with Gasteiger partial charge in [0, 0.05) is 25.7 Å². The Bertz CT molecular complexity index is 741. The van der Waals surface area contributed by atoms with Crippen molar-refractivity contribution >= 4 is 5.91 Å². The molecule has 1 aromatic carbocycles. The Labute approximate surface area is 147 Å². The zero-order chi connectivity index (χ0) is 18.2. The fourth-order valence-corrected chi connectivity index (χ4v) is 2.54. The monoisotopic (exact) mass is 343 g/mol. The summed E-state index contributed by atoms with van der Waals surface area (Å²) in [5.41, 5.74) is 0.971. The molecule has 0 fully saturated rings. The summed E-state index contributed by atoms with van der Waals surface area (Å²) in [6.07, 6.45) is 1.11. The molecule has 1 N–H and O–H groups in total. The lowest BCUT2D eigenvalue weighted by atomic mass is 10.2. The van der Waals surface area contributed by atoms with Gasteiger partial charge in [0.15, 0.2) is 0 Å². The summed E-state index contributed by atoms with van der Waals surface area (Å²) in [5.74, 6) is -0.296. The summed E-state index contributed by atoms with van der Waals surface area (Å²) in [4.78, 5) is 26.3. The number of aliphatic hydroxyl groups excluding tert-OH is 1. The minimum atomic E-state index is -0.654. The first-order valence-electron chi connectivity index (χ1n) is 8.60. The smallest absolute Gasteiger partial charge is 0.274 e. The number of rotatable bonds is 8. The van der Waals surface area contributed by atoms with Crippen LogP contribution in [0.2, 0.25) is 0 Å². The topological polar surface area (TPSA) is 75.4 Å². The van der Waals surface area contributed by atoms with Gasteiger partial charge in [-0.1, -0.05) is 43.7 Å². The number of nitrogens with zero attached hydrogens (tertiary/aromatic N) is 3. The van der Waals surface area contributed by atoms with E-state index in [0.717, 1.165) is 18.4 Å². The van der Waals surface area contributed by atoms with Crippen molar-refractivity contribution in [3.8, 4) is 0 Å². The van der Waals surface area contributed by atoms with E-state index in [9.17, 15) is 14.7 Å². The van der Waals surface area contributed by atoms with Gasteiger partial charge in [0.25, 0.3) is 11.5 Å². The zero-order valence-corrected chi connectivity index (χ0v) is 14.8. The molecule has 0 radical (unpaired) electrons. The molecule has 0 aliphatic rings. The second-order valence-electron chi connectivity index (χ2n) is 6.15. The molecule has 1 atom stereocenters. The predicted octanol–water partition coefficient (Wildman–Crippen LogP) is 2.07. The minimum Gasteiger partial charge on any atom is -0.392 e. The number of hydrogen-bond donors (Lipinski definition) is 1. The van der Waals surface area contributed by atoms with E-state index < -0.39 is 6.10 Å². The summed E-state index contributed by atoms with van der Waals surface area (Å²) in [6, 6.07) is 12.4. The van der Waals surface area contributed by atoms with Crippen molar-refractivity contribution in [1.29, 1.82) is 0 Å². The molecule has 2 rings (SSSR count). The van der Waals surface area contributed by atoms with E-state index >= 15 is 0 Å². The van der Waals surface area contributed by atoms with E-state index in [1.165, 1.54) is 16.8 Å². The highest BCUT2D eigenvalue weighted by Crippen LogP contribution is 2.09. The Morgan fingerprint density at radius 2 is 1.96 bits per heavy atom. The molecule has 0 saturated heterocycles. The van der Waals surface area contributed by atoms with Crippen LogP contribution in [0.25, 0.3) is 0 Å². The van der Waals surface area contributed by atoms with E-state index in [0.29, 0.717) is 13.1 Å². The fraction of sp³-hybridized carbons (Fsp3) is 0.421. The number of benzene rings is 1. The lowest BCUT2D eigenvalue weighted by Gasteiger charge is -2.24. The van der Waals surface area contributed by atoms with E-state index in [1.54, 1.807) is 11.8 Å². The highest BCUT2D eigenvalue weighted by molar-refractivity contribution is 5.92. The molecule has 1 amide bonds. The van der Waals surface area contributed by atoms with Crippen LogP contribution in [0.15, 0.2) is 47.3 Å². The maximum atomic E-state index is 12.9. The molecular formula is C19H25N3O3. The quantitative estimate of drug-likeness (QED) is 0.796. The van der Waals surface area contributed by atoms with Gasteiger partial charge in [0.05, 0.1) is 6.10 Å². The molecule has 0 aliphatic carbocycles. The standard InChI is InChI=1S/C19H25N3O3/c1-3-4-12-22-18(24)11-10-17(20-22)19(25)21(13-15(2)23)14-16-8-6-5-7-9-16/h5-11,15,23H,3-4,12-14H2,1-2H3. The highest BCUT2D eigenvalue weighted by Gasteiger charge is 2.20. The van der Waals surface area contributed by atoms with Gasteiger partial charge < -0.3 is 10.0 Å². The van der Waals surface area contributed by atoms with Crippen molar-refractivity contribution in [2.75, 3.05) is 6.54 Å². The summed E-state index contributed by atoms with van der Waals surface area (Å²) in [6.45, 7) is 4.74. The summed E-state index contributed by atoms with van der Waals surface area (Å²) in [7, 11) is 0. The third-order valence-corrected chi connectivity index (χ3v) is 3.80. The van der Waals surface area contributed by atoms with E-state index in [1.807, 2.05) is 37.3 Å². The lowest BCUT2D eigenvalue weighted by molar-refractivity contribution is 0.0622. The average Bonchev–Trinajstić information content (AvgIpc) is 2.60. The van der Waals surface area contributed by atoms with E-state index in [2.05, 4.69) is 5.10 Å². The number of aliphatic hydroxyl groups is 1. The third kappa shape index (κ3) is 5.53. The van der Waals surface area contributed by atoms with Gasteiger partial charge in [0.2, 0.25) is 0 Å². The Morgan fingerprint density at radius 1 is 1.24 bits per heavy atom. The number of unbranched alkanes of at least 4 members (excludes halogenated alkanes) is 1. The molecule has 2 aromatic rings. The average molecular weight is 343 g/mol. The molecule has 6 nitrogen and oxygen atoms in total. The molecule has 0 aliphatic heterocycles. The molecule has 6 heteroatoms. The van der Waals surface area contributed by atoms with Crippen LogP contribution in [0.4, 0.5) is 0 Å². The van der Waals surface area contributed by atoms with Crippen molar-refractivity contribution < 1.29 is 9.90 Å². The molecule has 1 aromatic heterocycles. The summed E-state index contributed by atoms with van der Waals surface area (Å²) in [5, 5.41) is 14.0. The number of hydrogen-bond acceptors (Lipinski definition) is 4. The minimum absolute atomic E-state index is 0.198. The predicted molar refractivity (Wildman–Crippen MR) is 96.3 cm³/mol. The van der Waals surface area contributed by atoms with Crippen LogP contribution < -0.4 is 5.56 Å². The van der Waals surface area contributed by atoms with Crippen LogP contribution in [0.5, 0.6) is 0 Å². The van der Waals surface area contributed by atoms with Crippen LogP contribution in [0.1, 0.15) is 42.7 Å². The fourth-order valence-electron chi connectivity index (χ4n) is 2.54. The van der Waals surface area contributed by atoms with Crippen LogP contribution in [-0.4, -0.2) is 38.3 Å². The number of carbonyl (C=O) groups is 1. The second kappa shape index (κ2) is 9.13. The maximum absolute atomic E-state index is 12.9. The molecule has 25 heavy (non-hydrogen) atoms. The van der Waals surface area contributed by atoms with Crippen LogP contribution >= 0.6 is 0 Å². The molecule has 134 valence electrons. The van der Waals surface area contributed by atoms with Crippen LogP contribution in [0, 0.1) is 0 Å². The summed E-state index contributed by atoms with van der Waals surface area (Å²) >= 11 is 0. The lowest BCUT2D eigenvalue weighted by Crippen LogP contribution is -2.37. The number of carbonyl (C=O) groups excluding carboxylic acids is 1. The largest absolute Gasteiger partial charge is 0.392 e. The Morgan fingerprint density at radius 3 is 2.60 bits per heavy atom. The second-order valence-corrected chi connectivity index (χ2v) is 6.15.